The SMILES string of the molecule is CCn1c(=O)n(CC(=O)NCCc2nnc3n2CCCCC3)c2ccccc21. The second-order valence-electron chi connectivity index (χ2n) is 7.20. The predicted molar refractivity (Wildman–Crippen MR) is 106 cm³/mol. The van der Waals surface area contributed by atoms with Crippen LogP contribution in [0.4, 0.5) is 0 Å². The van der Waals surface area contributed by atoms with Gasteiger partial charge in [0.15, 0.2) is 0 Å². The maximum absolute atomic E-state index is 12.6. The summed E-state index contributed by atoms with van der Waals surface area (Å²) in [7, 11) is 0. The highest BCUT2D eigenvalue weighted by atomic mass is 16.2. The number of amides is 1. The van der Waals surface area contributed by atoms with E-state index in [4.69, 9.17) is 0 Å². The number of nitrogens with one attached hydrogen (secondary N) is 1. The quantitative estimate of drug-likeness (QED) is 0.700. The van der Waals surface area contributed by atoms with Crippen molar-refractivity contribution in [1.82, 2.24) is 29.2 Å². The number of hydrogen-bond donors (Lipinski definition) is 1. The molecule has 0 fully saturated rings. The third-order valence-corrected chi connectivity index (χ3v) is 5.40. The Kier molecular flexibility index (Phi) is 5.27. The Morgan fingerprint density at radius 3 is 2.68 bits per heavy atom. The van der Waals surface area contributed by atoms with Crippen molar-refractivity contribution in [2.75, 3.05) is 6.54 Å². The number of imidazole rings is 1. The normalized spacial score (nSPS) is 14.0. The highest BCUT2D eigenvalue weighted by Gasteiger charge is 2.16. The van der Waals surface area contributed by atoms with Crippen LogP contribution >= 0.6 is 0 Å². The van der Waals surface area contributed by atoms with Crippen molar-refractivity contribution in [1.29, 1.82) is 0 Å². The smallest absolute Gasteiger partial charge is 0.329 e. The first-order valence-electron chi connectivity index (χ1n) is 10.0. The highest BCUT2D eigenvalue weighted by molar-refractivity contribution is 5.80. The van der Waals surface area contributed by atoms with Crippen LogP contribution < -0.4 is 11.0 Å². The van der Waals surface area contributed by atoms with Gasteiger partial charge in [-0.05, 0) is 31.9 Å². The summed E-state index contributed by atoms with van der Waals surface area (Å²) in [5.74, 6) is 1.81. The van der Waals surface area contributed by atoms with Crippen LogP contribution in [0.1, 0.15) is 37.8 Å². The topological polar surface area (TPSA) is 86.7 Å². The summed E-state index contributed by atoms with van der Waals surface area (Å²) >= 11 is 0. The van der Waals surface area contributed by atoms with Crippen LogP contribution in [-0.2, 0) is 37.3 Å². The fourth-order valence-corrected chi connectivity index (χ4v) is 3.97. The molecule has 1 aromatic carbocycles. The molecule has 0 saturated carbocycles. The van der Waals surface area contributed by atoms with E-state index in [1.807, 2.05) is 31.2 Å². The Morgan fingerprint density at radius 2 is 1.89 bits per heavy atom. The summed E-state index contributed by atoms with van der Waals surface area (Å²) in [4.78, 5) is 25.1. The fourth-order valence-electron chi connectivity index (χ4n) is 3.97. The van der Waals surface area contributed by atoms with E-state index in [-0.39, 0.29) is 18.1 Å². The summed E-state index contributed by atoms with van der Waals surface area (Å²) in [6.07, 6.45) is 5.15. The van der Waals surface area contributed by atoms with Crippen LogP contribution in [0.5, 0.6) is 0 Å². The van der Waals surface area contributed by atoms with Gasteiger partial charge in [-0.1, -0.05) is 18.6 Å². The van der Waals surface area contributed by atoms with Gasteiger partial charge in [0.2, 0.25) is 5.91 Å². The zero-order chi connectivity index (χ0) is 19.5. The van der Waals surface area contributed by atoms with E-state index < -0.39 is 0 Å². The molecule has 1 aliphatic heterocycles. The number of nitrogens with zero attached hydrogens (tertiary/aromatic N) is 5. The monoisotopic (exact) mass is 382 g/mol. The maximum Gasteiger partial charge on any atom is 0.329 e. The lowest BCUT2D eigenvalue weighted by Crippen LogP contribution is -2.34. The van der Waals surface area contributed by atoms with Crippen LogP contribution in [0.15, 0.2) is 29.1 Å². The molecule has 0 atom stereocenters. The number of aryl methyl sites for hydroxylation is 2. The van der Waals surface area contributed by atoms with Gasteiger partial charge in [-0.2, -0.15) is 0 Å². The zero-order valence-corrected chi connectivity index (χ0v) is 16.2. The first-order chi connectivity index (χ1) is 13.7. The molecule has 0 radical (unpaired) electrons. The van der Waals surface area contributed by atoms with Crippen molar-refractivity contribution in [3.05, 3.63) is 46.4 Å². The second-order valence-corrected chi connectivity index (χ2v) is 7.20. The first kappa shape index (κ1) is 18.5. The van der Waals surface area contributed by atoms with E-state index in [2.05, 4.69) is 20.1 Å². The van der Waals surface area contributed by atoms with E-state index >= 15 is 0 Å². The molecule has 1 amide bonds. The molecule has 0 unspecified atom stereocenters. The lowest BCUT2D eigenvalue weighted by atomic mass is 10.2. The molecule has 148 valence electrons. The number of hydrogen-bond acceptors (Lipinski definition) is 4. The number of benzene rings is 1. The van der Waals surface area contributed by atoms with Gasteiger partial charge in [0.25, 0.3) is 0 Å². The number of carbonyl (C=O) groups is 1. The Hall–Kier alpha value is -2.90. The second kappa shape index (κ2) is 8.00. The van der Waals surface area contributed by atoms with Crippen molar-refractivity contribution < 1.29 is 4.79 Å². The summed E-state index contributed by atoms with van der Waals surface area (Å²) in [5, 5.41) is 11.5. The van der Waals surface area contributed by atoms with Gasteiger partial charge in [0, 0.05) is 32.5 Å². The fraction of sp³-hybridized carbons (Fsp3) is 0.500. The minimum Gasteiger partial charge on any atom is -0.354 e. The summed E-state index contributed by atoms with van der Waals surface area (Å²) in [5.41, 5.74) is 1.49. The molecule has 0 saturated heterocycles. The van der Waals surface area contributed by atoms with Gasteiger partial charge < -0.3 is 9.88 Å². The van der Waals surface area contributed by atoms with Crippen molar-refractivity contribution in [2.45, 2.75) is 58.7 Å². The molecule has 0 bridgehead atoms. The lowest BCUT2D eigenvalue weighted by molar-refractivity contribution is -0.121. The van der Waals surface area contributed by atoms with Gasteiger partial charge >= 0.3 is 5.69 Å². The highest BCUT2D eigenvalue weighted by Crippen LogP contribution is 2.15. The number of aromatic nitrogens is 5. The molecule has 8 nitrogen and oxygen atoms in total. The molecule has 0 aliphatic carbocycles. The molecular weight excluding hydrogens is 356 g/mol. The largest absolute Gasteiger partial charge is 0.354 e. The van der Waals surface area contributed by atoms with E-state index in [1.165, 1.54) is 11.0 Å². The third kappa shape index (κ3) is 3.46. The van der Waals surface area contributed by atoms with E-state index in [0.29, 0.717) is 19.5 Å². The molecule has 4 rings (SSSR count). The van der Waals surface area contributed by atoms with Gasteiger partial charge in [-0.25, -0.2) is 4.79 Å². The minimum atomic E-state index is -0.170. The zero-order valence-electron chi connectivity index (χ0n) is 16.2. The Balaban J connectivity index is 1.41. The average Bonchev–Trinajstić information content (AvgIpc) is 3.09. The Labute approximate surface area is 163 Å². The van der Waals surface area contributed by atoms with E-state index in [9.17, 15) is 9.59 Å². The Bertz CT molecular complexity index is 1040. The van der Waals surface area contributed by atoms with Crippen molar-refractivity contribution >= 4 is 16.9 Å². The van der Waals surface area contributed by atoms with Crippen molar-refractivity contribution in [3.8, 4) is 0 Å². The molecule has 1 N–H and O–H groups in total. The molecule has 2 aromatic heterocycles. The first-order valence-corrected chi connectivity index (χ1v) is 10.0. The molecule has 3 aromatic rings. The average molecular weight is 382 g/mol. The number of fused-ring (bicyclic) bond motifs is 2. The van der Waals surface area contributed by atoms with Crippen LogP contribution in [0.25, 0.3) is 11.0 Å². The summed E-state index contributed by atoms with van der Waals surface area (Å²) in [6, 6.07) is 7.57. The van der Waals surface area contributed by atoms with Crippen LogP contribution in [-0.4, -0.2) is 36.4 Å². The Morgan fingerprint density at radius 1 is 1.11 bits per heavy atom. The van der Waals surface area contributed by atoms with Gasteiger partial charge in [-0.15, -0.1) is 10.2 Å². The van der Waals surface area contributed by atoms with Crippen molar-refractivity contribution in [2.24, 2.45) is 0 Å². The predicted octanol–water partition coefficient (Wildman–Crippen LogP) is 1.50. The number of rotatable bonds is 6. The molecule has 8 heteroatoms. The molecule has 1 aliphatic rings. The lowest BCUT2D eigenvalue weighted by Gasteiger charge is -2.08. The molecule has 0 spiro atoms. The van der Waals surface area contributed by atoms with Crippen LogP contribution in [0.2, 0.25) is 0 Å². The minimum absolute atomic E-state index is 0.0181. The molecular formula is C20H26N6O2. The summed E-state index contributed by atoms with van der Waals surface area (Å²) < 4.78 is 5.42. The van der Waals surface area contributed by atoms with Crippen LogP contribution in [0, 0.1) is 0 Å². The van der Waals surface area contributed by atoms with Crippen LogP contribution in [0.3, 0.4) is 0 Å². The van der Waals surface area contributed by atoms with Gasteiger partial charge in [0.1, 0.15) is 18.2 Å². The van der Waals surface area contributed by atoms with E-state index in [1.54, 1.807) is 4.57 Å². The van der Waals surface area contributed by atoms with E-state index in [0.717, 1.165) is 48.5 Å². The number of para-hydroxylation sites is 2. The molecule has 3 heterocycles. The third-order valence-electron chi connectivity index (χ3n) is 5.40. The van der Waals surface area contributed by atoms with Gasteiger partial charge in [0.05, 0.1) is 11.0 Å². The summed E-state index contributed by atoms with van der Waals surface area (Å²) in [6.45, 7) is 3.96. The van der Waals surface area contributed by atoms with Gasteiger partial charge in [-0.3, -0.25) is 13.9 Å². The number of carbonyl (C=O) groups excluding carboxylic acids is 1. The van der Waals surface area contributed by atoms with Crippen molar-refractivity contribution in [3.63, 3.8) is 0 Å². The molecule has 28 heavy (non-hydrogen) atoms. The maximum atomic E-state index is 12.6. The standard InChI is InChI=1S/C20H26N6O2/c1-2-24-15-8-5-6-9-16(15)26(20(24)28)14-19(27)21-12-11-18-23-22-17-10-4-3-7-13-25(17)18/h5-6,8-9H,2-4,7,10-14H2,1H3,(H,21,27).